The Morgan fingerprint density at radius 1 is 1.41 bits per heavy atom. The molecule has 1 unspecified atom stereocenters. The molecule has 0 aromatic heterocycles. The largest absolute Gasteiger partial charge is 0.479 e. The Hall–Kier alpha value is -1.15. The van der Waals surface area contributed by atoms with Gasteiger partial charge in [-0.15, -0.1) is 0 Å². The normalized spacial score (nSPS) is 15.0. The van der Waals surface area contributed by atoms with Crippen molar-refractivity contribution >= 4 is 21.7 Å². The number of carbonyl (C=O) groups is 2. The van der Waals surface area contributed by atoms with Gasteiger partial charge in [0.25, 0.3) is 0 Å². The number of carboxylic acids is 1. The Kier molecular flexibility index (Phi) is 5.56. The van der Waals surface area contributed by atoms with Gasteiger partial charge < -0.3 is 15.2 Å². The monoisotopic (exact) mass is 267 g/mol. The molecule has 0 spiro atoms. The second-order valence-corrected chi connectivity index (χ2v) is 6.15. The molecule has 0 aromatic carbocycles. The Morgan fingerprint density at radius 2 is 1.94 bits per heavy atom. The fourth-order valence-electron chi connectivity index (χ4n) is 1.09. The minimum absolute atomic E-state index is 0.172. The molecule has 0 saturated carbocycles. The number of carbonyl (C=O) groups excluding carboxylic acids is 1. The summed E-state index contributed by atoms with van der Waals surface area (Å²) in [6, 6.07) is 0. The average Bonchev–Trinajstić information content (AvgIpc) is 2.16. The SMILES string of the molecule is CCS(=O)(=O)CC(=O)NC(C)(COC)C(=O)O. The number of amides is 1. The van der Waals surface area contributed by atoms with Gasteiger partial charge in [0, 0.05) is 12.9 Å². The van der Waals surface area contributed by atoms with Gasteiger partial charge in [-0.1, -0.05) is 6.92 Å². The van der Waals surface area contributed by atoms with Crippen LogP contribution in [0.1, 0.15) is 13.8 Å². The molecule has 0 heterocycles. The molecule has 1 atom stereocenters. The molecule has 17 heavy (non-hydrogen) atoms. The molecule has 1 amide bonds. The average molecular weight is 267 g/mol. The van der Waals surface area contributed by atoms with Crippen LogP contribution in [-0.4, -0.2) is 56.2 Å². The van der Waals surface area contributed by atoms with Crippen molar-refractivity contribution in [1.29, 1.82) is 0 Å². The van der Waals surface area contributed by atoms with Crippen LogP contribution in [0.4, 0.5) is 0 Å². The second kappa shape index (κ2) is 5.97. The zero-order valence-electron chi connectivity index (χ0n) is 10.0. The van der Waals surface area contributed by atoms with Crippen LogP contribution in [0.15, 0.2) is 0 Å². The summed E-state index contributed by atoms with van der Waals surface area (Å²) in [6.07, 6.45) is 0. The Labute approximate surface area is 100 Å². The van der Waals surface area contributed by atoms with E-state index in [1.54, 1.807) is 0 Å². The van der Waals surface area contributed by atoms with E-state index in [-0.39, 0.29) is 12.4 Å². The van der Waals surface area contributed by atoms with E-state index in [9.17, 15) is 18.0 Å². The topological polar surface area (TPSA) is 110 Å². The molecule has 0 aromatic rings. The lowest BCUT2D eigenvalue weighted by Gasteiger charge is -2.25. The number of ether oxygens (including phenoxy) is 1. The first-order valence-electron chi connectivity index (χ1n) is 4.90. The maximum absolute atomic E-state index is 11.4. The van der Waals surface area contributed by atoms with E-state index in [0.717, 1.165) is 0 Å². The van der Waals surface area contributed by atoms with Crippen LogP contribution in [0.5, 0.6) is 0 Å². The summed E-state index contributed by atoms with van der Waals surface area (Å²) in [6.45, 7) is 2.41. The predicted octanol–water partition coefficient (Wildman–Crippen LogP) is -0.973. The van der Waals surface area contributed by atoms with Crippen molar-refractivity contribution in [1.82, 2.24) is 5.32 Å². The summed E-state index contributed by atoms with van der Waals surface area (Å²) < 4.78 is 27.0. The summed E-state index contributed by atoms with van der Waals surface area (Å²) in [5, 5.41) is 11.1. The maximum Gasteiger partial charge on any atom is 0.331 e. The van der Waals surface area contributed by atoms with Gasteiger partial charge in [-0.25, -0.2) is 13.2 Å². The summed E-state index contributed by atoms with van der Waals surface area (Å²) in [5.41, 5.74) is -1.63. The lowest BCUT2D eigenvalue weighted by Crippen LogP contribution is -2.56. The molecule has 8 heteroatoms. The van der Waals surface area contributed by atoms with E-state index >= 15 is 0 Å². The molecule has 0 aliphatic carbocycles. The van der Waals surface area contributed by atoms with Crippen LogP contribution < -0.4 is 5.32 Å². The van der Waals surface area contributed by atoms with Crippen molar-refractivity contribution in [2.45, 2.75) is 19.4 Å². The van der Waals surface area contributed by atoms with Gasteiger partial charge in [-0.2, -0.15) is 0 Å². The minimum atomic E-state index is -3.48. The van der Waals surface area contributed by atoms with Crippen LogP contribution in [0.3, 0.4) is 0 Å². The van der Waals surface area contributed by atoms with Gasteiger partial charge in [-0.3, -0.25) is 4.79 Å². The molecule has 7 nitrogen and oxygen atoms in total. The first kappa shape index (κ1) is 15.9. The van der Waals surface area contributed by atoms with E-state index in [4.69, 9.17) is 5.11 Å². The molecular formula is C9H17NO6S. The highest BCUT2D eigenvalue weighted by Gasteiger charge is 2.35. The number of hydrogen-bond acceptors (Lipinski definition) is 5. The highest BCUT2D eigenvalue weighted by atomic mass is 32.2. The minimum Gasteiger partial charge on any atom is -0.479 e. The standard InChI is InChI=1S/C9H17NO6S/c1-4-17(14,15)5-7(11)10-9(2,6-16-3)8(12)13/h4-6H2,1-3H3,(H,10,11)(H,12,13). The van der Waals surface area contributed by atoms with E-state index in [0.29, 0.717) is 0 Å². The van der Waals surface area contributed by atoms with Gasteiger partial charge >= 0.3 is 5.97 Å². The van der Waals surface area contributed by atoms with Crippen molar-refractivity contribution in [2.24, 2.45) is 0 Å². The van der Waals surface area contributed by atoms with E-state index in [1.165, 1.54) is 21.0 Å². The Balaban J connectivity index is 4.70. The third kappa shape index (κ3) is 5.14. The van der Waals surface area contributed by atoms with Gasteiger partial charge in [0.15, 0.2) is 15.4 Å². The van der Waals surface area contributed by atoms with Crippen LogP contribution >= 0.6 is 0 Å². The number of sulfone groups is 1. The quantitative estimate of drug-likeness (QED) is 0.614. The van der Waals surface area contributed by atoms with E-state index in [2.05, 4.69) is 10.1 Å². The molecule has 0 fully saturated rings. The van der Waals surface area contributed by atoms with Crippen molar-refractivity contribution in [2.75, 3.05) is 25.2 Å². The summed E-state index contributed by atoms with van der Waals surface area (Å²) in [4.78, 5) is 22.3. The molecule has 2 N–H and O–H groups in total. The molecule has 0 aliphatic heterocycles. The van der Waals surface area contributed by atoms with Gasteiger partial charge in [0.05, 0.1) is 6.61 Å². The van der Waals surface area contributed by atoms with Crippen LogP contribution in [0.25, 0.3) is 0 Å². The lowest BCUT2D eigenvalue weighted by molar-refractivity contribution is -0.148. The molecule has 0 aliphatic rings. The maximum atomic E-state index is 11.4. The number of aliphatic carboxylic acids is 1. The first-order chi connectivity index (χ1) is 7.67. The zero-order valence-corrected chi connectivity index (χ0v) is 10.8. The lowest BCUT2D eigenvalue weighted by atomic mass is 10.0. The van der Waals surface area contributed by atoms with Crippen LogP contribution in [-0.2, 0) is 24.2 Å². The number of carboxylic acid groups (broad SMARTS) is 1. The van der Waals surface area contributed by atoms with Gasteiger partial charge in [0.1, 0.15) is 5.75 Å². The summed E-state index contributed by atoms with van der Waals surface area (Å²) >= 11 is 0. The van der Waals surface area contributed by atoms with Crippen LogP contribution in [0.2, 0.25) is 0 Å². The highest BCUT2D eigenvalue weighted by molar-refractivity contribution is 7.92. The molecule has 0 bridgehead atoms. The molecular weight excluding hydrogens is 250 g/mol. The molecule has 0 saturated heterocycles. The predicted molar refractivity (Wildman–Crippen MR) is 60.4 cm³/mol. The highest BCUT2D eigenvalue weighted by Crippen LogP contribution is 2.05. The van der Waals surface area contributed by atoms with Crippen molar-refractivity contribution < 1.29 is 27.9 Å². The van der Waals surface area contributed by atoms with Gasteiger partial charge in [0.2, 0.25) is 5.91 Å². The number of nitrogens with one attached hydrogen (secondary N) is 1. The third-order valence-corrected chi connectivity index (χ3v) is 3.69. The zero-order chi connectivity index (χ0) is 13.7. The summed E-state index contributed by atoms with van der Waals surface area (Å²) in [7, 11) is -2.19. The molecule has 0 rings (SSSR count). The summed E-state index contributed by atoms with van der Waals surface area (Å²) in [5.74, 6) is -3.04. The van der Waals surface area contributed by atoms with Crippen molar-refractivity contribution in [3.8, 4) is 0 Å². The number of rotatable bonds is 7. The number of hydrogen-bond donors (Lipinski definition) is 2. The van der Waals surface area contributed by atoms with Crippen molar-refractivity contribution in [3.05, 3.63) is 0 Å². The molecule has 0 radical (unpaired) electrons. The van der Waals surface area contributed by atoms with Gasteiger partial charge in [-0.05, 0) is 6.92 Å². The fraction of sp³-hybridized carbons (Fsp3) is 0.778. The smallest absolute Gasteiger partial charge is 0.331 e. The van der Waals surface area contributed by atoms with E-state index in [1.807, 2.05) is 0 Å². The van der Waals surface area contributed by atoms with Crippen molar-refractivity contribution in [3.63, 3.8) is 0 Å². The Bertz CT molecular complexity index is 390. The van der Waals surface area contributed by atoms with E-state index < -0.39 is 33.0 Å². The second-order valence-electron chi connectivity index (χ2n) is 3.80. The third-order valence-electron chi connectivity index (χ3n) is 2.11. The number of methoxy groups -OCH3 is 1. The molecule has 100 valence electrons. The van der Waals surface area contributed by atoms with Crippen LogP contribution in [0, 0.1) is 0 Å². The fourth-order valence-corrected chi connectivity index (χ4v) is 1.76. The first-order valence-corrected chi connectivity index (χ1v) is 6.73. The Morgan fingerprint density at radius 3 is 2.29 bits per heavy atom.